The Morgan fingerprint density at radius 2 is 1.89 bits per heavy atom. The summed E-state index contributed by atoms with van der Waals surface area (Å²) >= 11 is 5.15. The van der Waals surface area contributed by atoms with Crippen LogP contribution in [0.25, 0.3) is 0 Å². The molecule has 0 bridgehead atoms. The van der Waals surface area contributed by atoms with E-state index in [2.05, 4.69) is 5.32 Å². The molecule has 0 aromatic rings. The van der Waals surface area contributed by atoms with Gasteiger partial charge in [0.2, 0.25) is 5.91 Å². The van der Waals surface area contributed by atoms with E-state index in [9.17, 15) is 9.00 Å². The van der Waals surface area contributed by atoms with Gasteiger partial charge in [-0.15, -0.1) is 0 Å². The molecule has 0 saturated heterocycles. The summed E-state index contributed by atoms with van der Waals surface area (Å²) in [7, 11) is -0.855. The van der Waals surface area contributed by atoms with Gasteiger partial charge < -0.3 is 11.1 Å². The van der Waals surface area contributed by atoms with Crippen LogP contribution < -0.4 is 11.1 Å². The Bertz CT molecular complexity index is 351. The van der Waals surface area contributed by atoms with Gasteiger partial charge in [-0.3, -0.25) is 9.00 Å². The first-order valence-corrected chi connectivity index (χ1v) is 8.85. The lowest BCUT2D eigenvalue weighted by Crippen LogP contribution is -2.49. The summed E-state index contributed by atoms with van der Waals surface area (Å²) in [6.45, 7) is 2.31. The molecule has 1 rings (SSSR count). The van der Waals surface area contributed by atoms with Gasteiger partial charge in [0.05, 0.1) is 10.4 Å². The van der Waals surface area contributed by atoms with E-state index in [-0.39, 0.29) is 5.91 Å². The summed E-state index contributed by atoms with van der Waals surface area (Å²) in [6.07, 6.45) is 5.74. The van der Waals surface area contributed by atoms with E-state index in [1.807, 2.05) is 6.92 Å². The fourth-order valence-corrected chi connectivity index (χ4v) is 3.42. The monoisotopic (exact) mass is 304 g/mol. The Kier molecular flexibility index (Phi) is 6.93. The molecule has 1 aliphatic rings. The van der Waals surface area contributed by atoms with Crippen LogP contribution in [0.15, 0.2) is 0 Å². The lowest BCUT2D eigenvalue weighted by atomic mass is 9.79. The Morgan fingerprint density at radius 1 is 1.32 bits per heavy atom. The second-order valence-electron chi connectivity index (χ2n) is 5.05. The minimum atomic E-state index is -0.855. The number of carbonyl (C=O) groups excluding carboxylic acids is 1. The van der Waals surface area contributed by atoms with Crippen LogP contribution in [0, 0.1) is 5.41 Å². The highest BCUT2D eigenvalue weighted by Crippen LogP contribution is 2.35. The maximum absolute atomic E-state index is 12.4. The van der Waals surface area contributed by atoms with Gasteiger partial charge in [-0.1, -0.05) is 44.8 Å². The number of hydrogen-bond donors (Lipinski definition) is 2. The topological polar surface area (TPSA) is 72.2 Å². The van der Waals surface area contributed by atoms with Crippen molar-refractivity contribution in [2.45, 2.75) is 45.4 Å². The van der Waals surface area contributed by atoms with Gasteiger partial charge in [-0.05, 0) is 12.8 Å². The van der Waals surface area contributed by atoms with Crippen LogP contribution in [0.1, 0.15) is 45.4 Å². The lowest BCUT2D eigenvalue weighted by molar-refractivity contribution is -0.127. The minimum absolute atomic E-state index is 0.0741. The number of rotatable bonds is 6. The predicted molar refractivity (Wildman–Crippen MR) is 83.5 cm³/mol. The fraction of sp³-hybridized carbons (Fsp3) is 0.846. The maximum atomic E-state index is 12.4. The van der Waals surface area contributed by atoms with Gasteiger partial charge in [0, 0.05) is 28.9 Å². The number of hydrogen-bond acceptors (Lipinski definition) is 3. The van der Waals surface area contributed by atoms with E-state index in [0.29, 0.717) is 23.0 Å². The first-order chi connectivity index (χ1) is 9.03. The molecule has 1 aliphatic carbocycles. The Labute approximate surface area is 123 Å². The SMILES string of the molecule is CCS(=O)CCNC(=O)C1(C(N)=S)CCCCCC1. The molecule has 0 aliphatic heterocycles. The smallest absolute Gasteiger partial charge is 0.233 e. The van der Waals surface area contributed by atoms with Crippen molar-refractivity contribution >= 4 is 33.9 Å². The highest BCUT2D eigenvalue weighted by Gasteiger charge is 2.41. The average molecular weight is 304 g/mol. The van der Waals surface area contributed by atoms with Crippen LogP contribution in [0.3, 0.4) is 0 Å². The average Bonchev–Trinajstić information content (AvgIpc) is 2.64. The zero-order valence-electron chi connectivity index (χ0n) is 11.6. The van der Waals surface area contributed by atoms with Gasteiger partial charge in [0.1, 0.15) is 0 Å². The number of carbonyl (C=O) groups is 1. The molecule has 19 heavy (non-hydrogen) atoms. The highest BCUT2D eigenvalue weighted by atomic mass is 32.2. The van der Waals surface area contributed by atoms with Crippen LogP contribution in [-0.2, 0) is 15.6 Å². The Morgan fingerprint density at radius 3 is 2.37 bits per heavy atom. The van der Waals surface area contributed by atoms with Crippen LogP contribution in [-0.4, -0.2) is 33.2 Å². The molecular formula is C13H24N2O2S2. The highest BCUT2D eigenvalue weighted by molar-refractivity contribution is 7.84. The Balaban J connectivity index is 2.62. The third-order valence-corrected chi connectivity index (χ3v) is 5.49. The molecule has 4 nitrogen and oxygen atoms in total. The third-order valence-electron chi connectivity index (χ3n) is 3.80. The first kappa shape index (κ1) is 16.6. The Hall–Kier alpha value is -0.490. The van der Waals surface area contributed by atoms with Crippen molar-refractivity contribution in [1.29, 1.82) is 0 Å². The van der Waals surface area contributed by atoms with Crippen LogP contribution in [0.4, 0.5) is 0 Å². The lowest BCUT2D eigenvalue weighted by Gasteiger charge is -2.30. The van der Waals surface area contributed by atoms with Crippen molar-refractivity contribution in [1.82, 2.24) is 5.32 Å². The van der Waals surface area contributed by atoms with Gasteiger partial charge in [0.25, 0.3) is 0 Å². The van der Waals surface area contributed by atoms with Crippen LogP contribution >= 0.6 is 12.2 Å². The molecule has 1 saturated carbocycles. The van der Waals surface area contributed by atoms with Crippen molar-refractivity contribution < 1.29 is 9.00 Å². The van der Waals surface area contributed by atoms with E-state index >= 15 is 0 Å². The van der Waals surface area contributed by atoms with E-state index in [4.69, 9.17) is 18.0 Å². The van der Waals surface area contributed by atoms with E-state index < -0.39 is 16.2 Å². The fourth-order valence-electron chi connectivity index (χ4n) is 2.51. The van der Waals surface area contributed by atoms with Crippen molar-refractivity contribution in [3.05, 3.63) is 0 Å². The molecule has 0 heterocycles. The summed E-state index contributed by atoms with van der Waals surface area (Å²) in [5, 5.41) is 2.87. The minimum Gasteiger partial charge on any atom is -0.392 e. The number of nitrogens with one attached hydrogen (secondary N) is 1. The third kappa shape index (κ3) is 4.53. The molecule has 110 valence electrons. The summed E-state index contributed by atoms with van der Waals surface area (Å²) in [4.78, 5) is 12.7. The molecule has 1 unspecified atom stereocenters. The zero-order chi connectivity index (χ0) is 14.3. The number of amides is 1. The second-order valence-corrected chi connectivity index (χ2v) is 7.35. The molecule has 0 aromatic carbocycles. The molecule has 6 heteroatoms. The largest absolute Gasteiger partial charge is 0.392 e. The summed E-state index contributed by atoms with van der Waals surface area (Å²) in [5.41, 5.74) is 5.16. The predicted octanol–water partition coefficient (Wildman–Crippen LogP) is 1.50. The van der Waals surface area contributed by atoms with Crippen LogP contribution in [0.5, 0.6) is 0 Å². The van der Waals surface area contributed by atoms with Crippen molar-refractivity contribution in [2.24, 2.45) is 11.1 Å². The normalized spacial score (nSPS) is 20.3. The molecular weight excluding hydrogens is 280 g/mol. The van der Waals surface area contributed by atoms with Gasteiger partial charge >= 0.3 is 0 Å². The van der Waals surface area contributed by atoms with E-state index in [1.54, 1.807) is 0 Å². The van der Waals surface area contributed by atoms with Gasteiger partial charge in [-0.2, -0.15) is 0 Å². The molecule has 3 N–H and O–H groups in total. The second kappa shape index (κ2) is 7.94. The summed E-state index contributed by atoms with van der Waals surface area (Å²) in [5.74, 6) is 1.04. The van der Waals surface area contributed by atoms with Crippen molar-refractivity contribution in [3.8, 4) is 0 Å². The zero-order valence-corrected chi connectivity index (χ0v) is 13.2. The van der Waals surface area contributed by atoms with E-state index in [1.165, 1.54) is 0 Å². The molecule has 0 radical (unpaired) electrons. The molecule has 0 aromatic heterocycles. The van der Waals surface area contributed by atoms with Crippen LogP contribution in [0.2, 0.25) is 0 Å². The quantitative estimate of drug-likeness (QED) is 0.576. The molecule has 0 spiro atoms. The number of nitrogens with two attached hydrogens (primary N) is 1. The van der Waals surface area contributed by atoms with E-state index in [0.717, 1.165) is 38.5 Å². The molecule has 1 fully saturated rings. The maximum Gasteiger partial charge on any atom is 0.233 e. The standard InChI is InChI=1S/C13H24N2O2S2/c1-2-19(17)10-9-15-12(16)13(11(14)18)7-5-3-4-6-8-13/h2-10H2,1H3,(H2,14,18)(H,15,16). The van der Waals surface area contributed by atoms with Gasteiger partial charge in [0.15, 0.2) is 0 Å². The summed E-state index contributed by atoms with van der Waals surface area (Å²) < 4.78 is 11.3. The number of thiocarbonyl (C=S) groups is 1. The van der Waals surface area contributed by atoms with Crippen molar-refractivity contribution in [3.63, 3.8) is 0 Å². The molecule has 1 atom stereocenters. The molecule has 1 amide bonds. The first-order valence-electron chi connectivity index (χ1n) is 6.96. The van der Waals surface area contributed by atoms with Gasteiger partial charge in [-0.25, -0.2) is 0 Å². The summed E-state index contributed by atoms with van der Waals surface area (Å²) in [6, 6.07) is 0. The van der Waals surface area contributed by atoms with Crippen molar-refractivity contribution in [2.75, 3.05) is 18.1 Å².